The van der Waals surface area contributed by atoms with Gasteiger partial charge in [0.15, 0.2) is 5.96 Å². The number of para-hydroxylation sites is 1. The number of rotatable bonds is 5. The number of nitrogens with one attached hydrogen (secondary N) is 2. The van der Waals surface area contributed by atoms with Gasteiger partial charge in [-0.15, -0.1) is 24.0 Å². The fourth-order valence-electron chi connectivity index (χ4n) is 3.96. The van der Waals surface area contributed by atoms with Crippen LogP contribution < -0.4 is 5.32 Å². The fraction of sp³-hybridized carbons (Fsp3) is 0.571. The number of H-pyrrole nitrogens is 1. The molecule has 4 rings (SSSR count). The van der Waals surface area contributed by atoms with Crippen LogP contribution in [0.15, 0.2) is 35.3 Å². The zero-order valence-electron chi connectivity index (χ0n) is 16.5. The van der Waals surface area contributed by atoms with Crippen LogP contribution in [0.1, 0.15) is 25.5 Å². The Morgan fingerprint density at radius 2 is 2.11 bits per heavy atom. The lowest BCUT2D eigenvalue weighted by atomic mass is 10.1. The van der Waals surface area contributed by atoms with E-state index in [1.165, 1.54) is 16.6 Å². The highest BCUT2D eigenvalue weighted by Gasteiger charge is 2.32. The second-order valence-corrected chi connectivity index (χ2v) is 7.27. The van der Waals surface area contributed by atoms with Gasteiger partial charge in [-0.05, 0) is 37.3 Å². The molecule has 2 fully saturated rings. The average molecular weight is 498 g/mol. The highest BCUT2D eigenvalue weighted by molar-refractivity contribution is 14.0. The molecule has 1 aromatic carbocycles. The average Bonchev–Trinajstić information content (AvgIpc) is 3.37. The first-order valence-corrected chi connectivity index (χ1v) is 10.2. The molecule has 0 aliphatic carbocycles. The van der Waals surface area contributed by atoms with Gasteiger partial charge in [-0.1, -0.05) is 18.2 Å². The quantitative estimate of drug-likeness (QED) is 0.378. The van der Waals surface area contributed by atoms with Crippen LogP contribution in [0.3, 0.4) is 0 Å². The highest BCUT2D eigenvalue weighted by Crippen LogP contribution is 2.21. The number of benzene rings is 1. The van der Waals surface area contributed by atoms with Crippen molar-refractivity contribution in [2.75, 3.05) is 39.4 Å². The predicted octanol–water partition coefficient (Wildman–Crippen LogP) is 3.17. The fourth-order valence-corrected chi connectivity index (χ4v) is 3.96. The third kappa shape index (κ3) is 5.18. The Bertz CT molecular complexity index is 740. The lowest BCUT2D eigenvalue weighted by Gasteiger charge is -2.37. The van der Waals surface area contributed by atoms with Gasteiger partial charge in [0.2, 0.25) is 0 Å². The van der Waals surface area contributed by atoms with Crippen molar-refractivity contribution in [3.63, 3.8) is 0 Å². The summed E-state index contributed by atoms with van der Waals surface area (Å²) in [5.74, 6) is 0.986. The summed E-state index contributed by atoms with van der Waals surface area (Å²) in [7, 11) is 0. The molecule has 7 heteroatoms. The van der Waals surface area contributed by atoms with Crippen LogP contribution in [0.2, 0.25) is 0 Å². The molecule has 0 amide bonds. The number of halogens is 1. The number of hydrogen-bond acceptors (Lipinski definition) is 3. The van der Waals surface area contributed by atoms with Gasteiger partial charge in [-0.3, -0.25) is 4.99 Å². The molecule has 2 aliphatic rings. The smallest absolute Gasteiger partial charge is 0.194 e. The summed E-state index contributed by atoms with van der Waals surface area (Å²) >= 11 is 0. The summed E-state index contributed by atoms with van der Waals surface area (Å²) < 4.78 is 11.8. The second-order valence-electron chi connectivity index (χ2n) is 7.27. The molecule has 2 saturated heterocycles. The van der Waals surface area contributed by atoms with Crippen LogP contribution in [0, 0.1) is 0 Å². The van der Waals surface area contributed by atoms with Crippen LogP contribution in [0.5, 0.6) is 0 Å². The molecule has 3 heterocycles. The number of ether oxygens (including phenoxy) is 2. The maximum atomic E-state index is 5.97. The van der Waals surface area contributed by atoms with E-state index >= 15 is 0 Å². The zero-order valence-corrected chi connectivity index (χ0v) is 18.9. The van der Waals surface area contributed by atoms with Gasteiger partial charge in [0.25, 0.3) is 0 Å². The van der Waals surface area contributed by atoms with Crippen molar-refractivity contribution < 1.29 is 9.47 Å². The van der Waals surface area contributed by atoms with Crippen molar-refractivity contribution in [2.24, 2.45) is 4.99 Å². The Hall–Kier alpha value is -1.32. The van der Waals surface area contributed by atoms with Crippen molar-refractivity contribution in [3.05, 3.63) is 36.0 Å². The first-order valence-electron chi connectivity index (χ1n) is 10.2. The van der Waals surface area contributed by atoms with Gasteiger partial charge >= 0.3 is 0 Å². The summed E-state index contributed by atoms with van der Waals surface area (Å²) in [5, 5.41) is 4.71. The Morgan fingerprint density at radius 3 is 2.89 bits per heavy atom. The number of aromatic amines is 1. The molecule has 0 radical (unpaired) electrons. The van der Waals surface area contributed by atoms with Crippen molar-refractivity contribution in [1.29, 1.82) is 0 Å². The van der Waals surface area contributed by atoms with E-state index in [0.717, 1.165) is 64.6 Å². The summed E-state index contributed by atoms with van der Waals surface area (Å²) in [4.78, 5) is 10.7. The van der Waals surface area contributed by atoms with Crippen molar-refractivity contribution >= 4 is 40.8 Å². The molecule has 2 N–H and O–H groups in total. The van der Waals surface area contributed by atoms with E-state index in [-0.39, 0.29) is 36.2 Å². The Morgan fingerprint density at radius 1 is 1.25 bits per heavy atom. The maximum Gasteiger partial charge on any atom is 0.194 e. The minimum atomic E-state index is 0. The Labute approximate surface area is 184 Å². The Kier molecular flexibility index (Phi) is 7.99. The number of aliphatic imine (C=N–C) groups is 1. The predicted molar refractivity (Wildman–Crippen MR) is 124 cm³/mol. The first-order chi connectivity index (χ1) is 13.3. The molecular formula is C21H31IN4O2. The maximum absolute atomic E-state index is 5.97. The number of morpholine rings is 1. The van der Waals surface area contributed by atoms with Gasteiger partial charge in [-0.2, -0.15) is 0 Å². The molecular weight excluding hydrogens is 467 g/mol. The van der Waals surface area contributed by atoms with Crippen LogP contribution in [0.4, 0.5) is 0 Å². The highest BCUT2D eigenvalue weighted by atomic mass is 127. The third-order valence-electron chi connectivity index (χ3n) is 5.34. The molecule has 2 aliphatic heterocycles. The summed E-state index contributed by atoms with van der Waals surface area (Å²) in [6, 6.07) is 10.6. The van der Waals surface area contributed by atoms with E-state index in [0.29, 0.717) is 0 Å². The van der Waals surface area contributed by atoms with Gasteiger partial charge < -0.3 is 24.7 Å². The van der Waals surface area contributed by atoms with Gasteiger partial charge in [0.05, 0.1) is 12.7 Å². The van der Waals surface area contributed by atoms with E-state index in [1.54, 1.807) is 0 Å². The lowest BCUT2D eigenvalue weighted by molar-refractivity contribution is -0.0817. The Balaban J connectivity index is 0.00000225. The molecule has 0 spiro atoms. The lowest BCUT2D eigenvalue weighted by Crippen LogP contribution is -2.53. The summed E-state index contributed by atoms with van der Waals surface area (Å²) in [5.41, 5.74) is 2.42. The molecule has 2 atom stereocenters. The van der Waals surface area contributed by atoms with Crippen LogP contribution in [-0.2, 0) is 15.9 Å². The molecule has 28 heavy (non-hydrogen) atoms. The number of hydrogen-bond donors (Lipinski definition) is 2. The van der Waals surface area contributed by atoms with Crippen molar-refractivity contribution in [1.82, 2.24) is 15.2 Å². The number of guanidine groups is 1. The van der Waals surface area contributed by atoms with Gasteiger partial charge in [0, 0.05) is 50.4 Å². The molecule has 2 aromatic rings. The normalized spacial score (nSPS) is 23.0. The molecule has 0 saturated carbocycles. The molecule has 154 valence electrons. The minimum Gasteiger partial charge on any atom is -0.375 e. The van der Waals surface area contributed by atoms with Gasteiger partial charge in [0.1, 0.15) is 6.10 Å². The molecule has 1 aromatic heterocycles. The SMILES string of the molecule is CCNC(=NCCc1cc2ccccc2[nH]1)N1CCOC(C2CCCO2)C1.I. The molecule has 6 nitrogen and oxygen atoms in total. The van der Waals surface area contributed by atoms with E-state index in [1.807, 2.05) is 0 Å². The van der Waals surface area contributed by atoms with Crippen LogP contribution in [-0.4, -0.2) is 67.4 Å². The zero-order chi connectivity index (χ0) is 18.5. The van der Waals surface area contributed by atoms with Crippen molar-refractivity contribution in [2.45, 2.75) is 38.4 Å². The number of nitrogens with zero attached hydrogens (tertiary/aromatic N) is 2. The van der Waals surface area contributed by atoms with Crippen LogP contribution in [0.25, 0.3) is 10.9 Å². The van der Waals surface area contributed by atoms with E-state index in [2.05, 4.69) is 52.5 Å². The van der Waals surface area contributed by atoms with Crippen LogP contribution >= 0.6 is 24.0 Å². The number of fused-ring (bicyclic) bond motifs is 1. The summed E-state index contributed by atoms with van der Waals surface area (Å²) in [6.45, 7) is 7.07. The second kappa shape index (κ2) is 10.5. The largest absolute Gasteiger partial charge is 0.375 e. The monoisotopic (exact) mass is 498 g/mol. The van der Waals surface area contributed by atoms with E-state index in [9.17, 15) is 0 Å². The first kappa shape index (κ1) is 21.4. The third-order valence-corrected chi connectivity index (χ3v) is 5.34. The van der Waals surface area contributed by atoms with E-state index < -0.39 is 0 Å². The van der Waals surface area contributed by atoms with Crippen molar-refractivity contribution in [3.8, 4) is 0 Å². The van der Waals surface area contributed by atoms with E-state index in [4.69, 9.17) is 14.5 Å². The summed E-state index contributed by atoms with van der Waals surface area (Å²) in [6.07, 6.45) is 3.54. The number of aromatic nitrogens is 1. The van der Waals surface area contributed by atoms with Gasteiger partial charge in [-0.25, -0.2) is 0 Å². The minimum absolute atomic E-state index is 0. The molecule has 0 bridgehead atoms. The molecule has 2 unspecified atom stereocenters. The standard InChI is InChI=1S/C21H30N4O2.HI/c1-2-22-21(25-11-13-27-20(15-25)19-8-5-12-26-19)23-10-9-17-14-16-6-3-4-7-18(16)24-17;/h3-4,6-7,14,19-20,24H,2,5,8-13,15H2,1H3,(H,22,23);1H. The topological polar surface area (TPSA) is 61.9 Å².